The van der Waals surface area contributed by atoms with E-state index in [9.17, 15) is 9.90 Å². The number of hydrazone groups is 1. The van der Waals surface area contributed by atoms with Crippen LogP contribution in [0.1, 0.15) is 5.56 Å². The third-order valence-corrected chi connectivity index (χ3v) is 3.09. The van der Waals surface area contributed by atoms with Gasteiger partial charge in [0.2, 0.25) is 5.95 Å². The molecule has 3 aromatic rings. The van der Waals surface area contributed by atoms with Crippen LogP contribution in [0.4, 0.5) is 5.95 Å². The van der Waals surface area contributed by atoms with Gasteiger partial charge >= 0.3 is 0 Å². The van der Waals surface area contributed by atoms with Crippen molar-refractivity contribution in [3.8, 4) is 17.0 Å². The van der Waals surface area contributed by atoms with Crippen LogP contribution in [0.15, 0.2) is 70.6 Å². The Hall–Kier alpha value is -3.41. The second kappa shape index (κ2) is 6.57. The van der Waals surface area contributed by atoms with Crippen LogP contribution in [-0.4, -0.2) is 21.3 Å². The minimum absolute atomic E-state index is 0.191. The molecule has 0 saturated heterocycles. The molecule has 6 nitrogen and oxygen atoms in total. The van der Waals surface area contributed by atoms with Crippen molar-refractivity contribution in [2.45, 2.75) is 0 Å². The maximum Gasteiger partial charge on any atom is 0.252 e. The Labute approximate surface area is 132 Å². The van der Waals surface area contributed by atoms with Gasteiger partial charge in [0.15, 0.2) is 0 Å². The molecule has 1 aromatic heterocycles. The lowest BCUT2D eigenvalue weighted by atomic mass is 10.1. The third kappa shape index (κ3) is 3.82. The normalized spacial score (nSPS) is 10.8. The third-order valence-electron chi connectivity index (χ3n) is 3.09. The Bertz CT molecular complexity index is 871. The summed E-state index contributed by atoms with van der Waals surface area (Å²) in [5, 5.41) is 13.2. The van der Waals surface area contributed by atoms with Gasteiger partial charge in [-0.2, -0.15) is 5.10 Å². The lowest BCUT2D eigenvalue weighted by Gasteiger charge is -2.03. The van der Waals surface area contributed by atoms with Gasteiger partial charge in [0, 0.05) is 11.6 Å². The Morgan fingerprint density at radius 3 is 2.57 bits per heavy atom. The SMILES string of the molecule is O=c1cc(-c2ccccc2)nc(N/N=C/c2ccc(O)cc2)[nH]1. The van der Waals surface area contributed by atoms with E-state index >= 15 is 0 Å². The fourth-order valence-electron chi connectivity index (χ4n) is 2.00. The number of anilines is 1. The van der Waals surface area contributed by atoms with Gasteiger partial charge in [0.05, 0.1) is 11.9 Å². The molecule has 0 amide bonds. The molecule has 3 rings (SSSR count). The summed E-state index contributed by atoms with van der Waals surface area (Å²) >= 11 is 0. The summed E-state index contributed by atoms with van der Waals surface area (Å²) in [6, 6.07) is 17.4. The maximum atomic E-state index is 11.7. The Balaban J connectivity index is 1.79. The van der Waals surface area contributed by atoms with Gasteiger partial charge in [-0.05, 0) is 29.8 Å². The van der Waals surface area contributed by atoms with Crippen molar-refractivity contribution in [1.82, 2.24) is 9.97 Å². The average molecular weight is 306 g/mol. The zero-order chi connectivity index (χ0) is 16.1. The molecule has 1 heterocycles. The summed E-state index contributed by atoms with van der Waals surface area (Å²) in [5.41, 5.74) is 4.66. The quantitative estimate of drug-likeness (QED) is 0.510. The minimum atomic E-state index is -0.263. The summed E-state index contributed by atoms with van der Waals surface area (Å²) in [6.07, 6.45) is 1.56. The Kier molecular flexibility index (Phi) is 4.15. The van der Waals surface area contributed by atoms with Crippen molar-refractivity contribution in [3.63, 3.8) is 0 Å². The number of phenols is 1. The highest BCUT2D eigenvalue weighted by molar-refractivity contribution is 5.80. The van der Waals surface area contributed by atoms with Crippen molar-refractivity contribution >= 4 is 12.2 Å². The van der Waals surface area contributed by atoms with E-state index in [1.807, 2.05) is 30.3 Å². The van der Waals surface area contributed by atoms with Crippen LogP contribution in [0.5, 0.6) is 5.75 Å². The van der Waals surface area contributed by atoms with Gasteiger partial charge in [-0.15, -0.1) is 0 Å². The predicted octanol–water partition coefficient (Wildman–Crippen LogP) is 2.59. The zero-order valence-electron chi connectivity index (χ0n) is 12.1. The van der Waals surface area contributed by atoms with Gasteiger partial charge in [-0.25, -0.2) is 10.4 Å². The predicted molar refractivity (Wildman–Crippen MR) is 89.6 cm³/mol. The molecule has 2 aromatic carbocycles. The van der Waals surface area contributed by atoms with Gasteiger partial charge in [-0.1, -0.05) is 30.3 Å². The molecule has 0 aliphatic heterocycles. The minimum Gasteiger partial charge on any atom is -0.508 e. The van der Waals surface area contributed by atoms with E-state index in [0.29, 0.717) is 5.69 Å². The first-order chi connectivity index (χ1) is 11.2. The lowest BCUT2D eigenvalue weighted by Crippen LogP contribution is -2.10. The van der Waals surface area contributed by atoms with Crippen LogP contribution in [-0.2, 0) is 0 Å². The van der Waals surface area contributed by atoms with Gasteiger partial charge in [-0.3, -0.25) is 9.78 Å². The zero-order valence-corrected chi connectivity index (χ0v) is 12.1. The Morgan fingerprint density at radius 1 is 1.09 bits per heavy atom. The first-order valence-corrected chi connectivity index (χ1v) is 6.95. The molecule has 0 bridgehead atoms. The molecule has 0 unspecified atom stereocenters. The highest BCUT2D eigenvalue weighted by Crippen LogP contribution is 2.15. The number of nitrogens with one attached hydrogen (secondary N) is 2. The van der Waals surface area contributed by atoms with E-state index in [4.69, 9.17) is 0 Å². The van der Waals surface area contributed by atoms with Crippen molar-refractivity contribution in [2.75, 3.05) is 5.43 Å². The number of phenolic OH excluding ortho intramolecular Hbond substituents is 1. The van der Waals surface area contributed by atoms with E-state index < -0.39 is 0 Å². The van der Waals surface area contributed by atoms with Gasteiger partial charge in [0.1, 0.15) is 5.75 Å². The fraction of sp³-hybridized carbons (Fsp3) is 0. The summed E-state index contributed by atoms with van der Waals surface area (Å²) < 4.78 is 0. The number of rotatable bonds is 4. The molecule has 6 heteroatoms. The van der Waals surface area contributed by atoms with Crippen LogP contribution in [0, 0.1) is 0 Å². The van der Waals surface area contributed by atoms with Crippen molar-refractivity contribution in [1.29, 1.82) is 0 Å². The van der Waals surface area contributed by atoms with E-state index in [1.54, 1.807) is 30.5 Å². The van der Waals surface area contributed by atoms with Crippen LogP contribution >= 0.6 is 0 Å². The second-order valence-corrected chi connectivity index (χ2v) is 4.81. The monoisotopic (exact) mass is 306 g/mol. The van der Waals surface area contributed by atoms with Crippen LogP contribution in [0.25, 0.3) is 11.3 Å². The molecule has 3 N–H and O–H groups in total. The molecule has 0 saturated carbocycles. The molecule has 0 spiro atoms. The van der Waals surface area contributed by atoms with Crippen molar-refractivity contribution in [2.24, 2.45) is 5.10 Å². The Morgan fingerprint density at radius 2 is 1.83 bits per heavy atom. The molecule has 23 heavy (non-hydrogen) atoms. The summed E-state index contributed by atoms with van der Waals surface area (Å²) in [6.45, 7) is 0. The highest BCUT2D eigenvalue weighted by Gasteiger charge is 2.02. The van der Waals surface area contributed by atoms with E-state index in [2.05, 4.69) is 20.5 Å². The number of hydrogen-bond acceptors (Lipinski definition) is 5. The number of hydrogen-bond donors (Lipinski definition) is 3. The van der Waals surface area contributed by atoms with E-state index in [-0.39, 0.29) is 17.3 Å². The average Bonchev–Trinajstić information content (AvgIpc) is 2.57. The number of benzene rings is 2. The molecule has 114 valence electrons. The molecular weight excluding hydrogens is 292 g/mol. The smallest absolute Gasteiger partial charge is 0.252 e. The number of nitrogens with zero attached hydrogens (tertiary/aromatic N) is 2. The molecule has 0 fully saturated rings. The number of aromatic amines is 1. The molecule has 0 aliphatic rings. The first kappa shape index (κ1) is 14.5. The summed E-state index contributed by atoms with van der Waals surface area (Å²) in [4.78, 5) is 18.6. The largest absolute Gasteiger partial charge is 0.508 e. The van der Waals surface area contributed by atoms with Crippen LogP contribution in [0.2, 0.25) is 0 Å². The highest BCUT2D eigenvalue weighted by atomic mass is 16.3. The van der Waals surface area contributed by atoms with E-state index in [1.165, 1.54) is 6.07 Å². The molecular formula is C17H14N4O2. The molecule has 0 atom stereocenters. The molecule has 0 aliphatic carbocycles. The fourth-order valence-corrected chi connectivity index (χ4v) is 2.00. The van der Waals surface area contributed by atoms with Crippen LogP contribution in [0.3, 0.4) is 0 Å². The number of H-pyrrole nitrogens is 1. The molecule has 0 radical (unpaired) electrons. The second-order valence-electron chi connectivity index (χ2n) is 4.81. The van der Waals surface area contributed by atoms with Gasteiger partial charge < -0.3 is 5.11 Å². The van der Waals surface area contributed by atoms with E-state index in [0.717, 1.165) is 11.1 Å². The summed E-state index contributed by atoms with van der Waals surface area (Å²) in [7, 11) is 0. The topological polar surface area (TPSA) is 90.4 Å². The standard InChI is InChI=1S/C17H14N4O2/c22-14-8-6-12(7-9-14)11-18-21-17-19-15(10-16(23)20-17)13-4-2-1-3-5-13/h1-11,22H,(H2,19,20,21,23)/b18-11+. The lowest BCUT2D eigenvalue weighted by molar-refractivity contribution is 0.475. The van der Waals surface area contributed by atoms with Gasteiger partial charge in [0.25, 0.3) is 5.56 Å². The van der Waals surface area contributed by atoms with Crippen molar-refractivity contribution in [3.05, 3.63) is 76.6 Å². The first-order valence-electron chi connectivity index (χ1n) is 6.95. The van der Waals surface area contributed by atoms with Crippen LogP contribution < -0.4 is 11.0 Å². The van der Waals surface area contributed by atoms with Crippen molar-refractivity contribution < 1.29 is 5.11 Å². The summed E-state index contributed by atoms with van der Waals surface area (Å²) in [5.74, 6) is 0.447. The maximum absolute atomic E-state index is 11.7. The number of aromatic nitrogens is 2. The number of aromatic hydroxyl groups is 1.